The van der Waals surface area contributed by atoms with E-state index in [1.165, 1.54) is 17.2 Å². The molecule has 0 aliphatic rings. The van der Waals surface area contributed by atoms with E-state index in [0.717, 1.165) is 0 Å². The summed E-state index contributed by atoms with van der Waals surface area (Å²) in [5, 5.41) is 20.6. The van der Waals surface area contributed by atoms with Crippen molar-refractivity contribution in [3.8, 4) is 0 Å². The topological polar surface area (TPSA) is 103 Å². The molecule has 0 aliphatic heterocycles. The molecule has 0 aromatic carbocycles. The van der Waals surface area contributed by atoms with E-state index in [4.69, 9.17) is 5.11 Å². The van der Waals surface area contributed by atoms with Gasteiger partial charge in [0.15, 0.2) is 0 Å². The van der Waals surface area contributed by atoms with E-state index >= 15 is 0 Å². The van der Waals surface area contributed by atoms with Crippen LogP contribution in [0.1, 0.15) is 29.9 Å². The molecule has 0 saturated heterocycles. The van der Waals surface area contributed by atoms with E-state index in [9.17, 15) is 14.7 Å². The van der Waals surface area contributed by atoms with Crippen molar-refractivity contribution in [2.24, 2.45) is 0 Å². The predicted molar refractivity (Wildman–Crippen MR) is 72.4 cm³/mol. The molecular formula is C13H19N3O4. The molecule has 1 aromatic rings. The first-order valence-corrected chi connectivity index (χ1v) is 6.08. The van der Waals surface area contributed by atoms with Crippen LogP contribution in [-0.2, 0) is 6.54 Å². The minimum Gasteiger partial charge on any atom is -0.477 e. The monoisotopic (exact) mass is 281 g/mol. The van der Waals surface area contributed by atoms with E-state index in [2.05, 4.69) is 10.3 Å². The largest absolute Gasteiger partial charge is 0.477 e. The van der Waals surface area contributed by atoms with Crippen LogP contribution in [0.3, 0.4) is 0 Å². The van der Waals surface area contributed by atoms with Gasteiger partial charge >= 0.3 is 12.0 Å². The third kappa shape index (κ3) is 3.92. The molecule has 1 rings (SSSR count). The Morgan fingerprint density at radius 1 is 1.40 bits per heavy atom. The molecule has 0 fully saturated rings. The molecule has 110 valence electrons. The van der Waals surface area contributed by atoms with Crippen molar-refractivity contribution in [3.05, 3.63) is 29.6 Å². The van der Waals surface area contributed by atoms with Gasteiger partial charge in [-0.15, -0.1) is 0 Å². The second-order valence-corrected chi connectivity index (χ2v) is 5.05. The molecule has 7 heteroatoms. The van der Waals surface area contributed by atoms with Crippen molar-refractivity contribution in [1.29, 1.82) is 0 Å². The van der Waals surface area contributed by atoms with Crippen LogP contribution >= 0.6 is 0 Å². The van der Waals surface area contributed by atoms with Crippen molar-refractivity contribution in [1.82, 2.24) is 15.2 Å². The Morgan fingerprint density at radius 3 is 2.50 bits per heavy atom. The summed E-state index contributed by atoms with van der Waals surface area (Å²) in [7, 11) is 1.59. The van der Waals surface area contributed by atoms with Crippen LogP contribution < -0.4 is 5.32 Å². The van der Waals surface area contributed by atoms with E-state index in [-0.39, 0.29) is 24.9 Å². The summed E-state index contributed by atoms with van der Waals surface area (Å²) >= 11 is 0. The number of aromatic nitrogens is 1. The molecule has 0 unspecified atom stereocenters. The quantitative estimate of drug-likeness (QED) is 0.737. The lowest BCUT2D eigenvalue weighted by molar-refractivity contribution is 0.0690. The van der Waals surface area contributed by atoms with Gasteiger partial charge in [0, 0.05) is 19.8 Å². The lowest BCUT2D eigenvalue weighted by Gasteiger charge is -2.33. The first kappa shape index (κ1) is 15.9. The number of carboxylic acids is 1. The zero-order chi connectivity index (χ0) is 15.3. The number of carbonyl (C=O) groups is 2. The molecule has 0 radical (unpaired) electrons. The fourth-order valence-electron chi connectivity index (χ4n) is 1.33. The molecule has 3 N–H and O–H groups in total. The molecule has 20 heavy (non-hydrogen) atoms. The molecular weight excluding hydrogens is 262 g/mol. The van der Waals surface area contributed by atoms with Crippen LogP contribution in [0.5, 0.6) is 0 Å². The maximum Gasteiger partial charge on any atom is 0.354 e. The summed E-state index contributed by atoms with van der Waals surface area (Å²) < 4.78 is 0. The summed E-state index contributed by atoms with van der Waals surface area (Å²) in [6, 6.07) is 2.64. The normalized spacial score (nSPS) is 11.0. The second kappa shape index (κ2) is 6.33. The number of aromatic carboxylic acids is 1. The van der Waals surface area contributed by atoms with Crippen LogP contribution in [-0.4, -0.2) is 51.3 Å². The molecule has 0 saturated carbocycles. The predicted octanol–water partition coefficient (Wildman–Crippen LogP) is 0.692. The molecule has 1 aromatic heterocycles. The third-order valence-electron chi connectivity index (χ3n) is 3.09. The van der Waals surface area contributed by atoms with Gasteiger partial charge < -0.3 is 20.4 Å². The van der Waals surface area contributed by atoms with Crippen molar-refractivity contribution in [2.45, 2.75) is 25.9 Å². The summed E-state index contributed by atoms with van der Waals surface area (Å²) in [6.45, 7) is 3.58. The van der Waals surface area contributed by atoms with Crippen LogP contribution in [0.15, 0.2) is 18.3 Å². The number of hydrogen-bond acceptors (Lipinski definition) is 4. The number of rotatable bonds is 5. The van der Waals surface area contributed by atoms with Gasteiger partial charge in [0.1, 0.15) is 5.69 Å². The molecule has 7 nitrogen and oxygen atoms in total. The Balaban J connectivity index is 2.59. The van der Waals surface area contributed by atoms with Gasteiger partial charge in [0.25, 0.3) is 0 Å². The molecule has 1 heterocycles. The highest BCUT2D eigenvalue weighted by atomic mass is 16.4. The molecule has 2 amide bonds. The van der Waals surface area contributed by atoms with Crippen LogP contribution in [0.25, 0.3) is 0 Å². The van der Waals surface area contributed by atoms with Crippen LogP contribution in [0.2, 0.25) is 0 Å². The van der Waals surface area contributed by atoms with Crippen molar-refractivity contribution < 1.29 is 19.8 Å². The summed E-state index contributed by atoms with van der Waals surface area (Å²) in [6.07, 6.45) is 1.40. The van der Waals surface area contributed by atoms with Gasteiger partial charge in [-0.25, -0.2) is 14.6 Å². The van der Waals surface area contributed by atoms with Gasteiger partial charge in [-0.3, -0.25) is 0 Å². The number of likely N-dealkylation sites (N-methyl/N-ethyl adjacent to an activating group) is 1. The Kier molecular flexibility index (Phi) is 5.04. The summed E-state index contributed by atoms with van der Waals surface area (Å²) in [5.74, 6) is -1.09. The van der Waals surface area contributed by atoms with Gasteiger partial charge in [-0.05, 0) is 25.5 Å². The first-order valence-electron chi connectivity index (χ1n) is 6.08. The summed E-state index contributed by atoms with van der Waals surface area (Å²) in [4.78, 5) is 27.7. The Labute approximate surface area is 117 Å². The van der Waals surface area contributed by atoms with Gasteiger partial charge in [-0.2, -0.15) is 0 Å². The lowest BCUT2D eigenvalue weighted by atomic mass is 10.1. The number of hydrogen-bond donors (Lipinski definition) is 3. The maximum absolute atomic E-state index is 11.9. The Hall–Kier alpha value is -2.15. The van der Waals surface area contributed by atoms with Crippen molar-refractivity contribution in [2.75, 3.05) is 13.7 Å². The van der Waals surface area contributed by atoms with Crippen LogP contribution in [0.4, 0.5) is 4.79 Å². The second-order valence-electron chi connectivity index (χ2n) is 5.05. The molecule has 0 spiro atoms. The number of aliphatic hydroxyl groups excluding tert-OH is 1. The maximum atomic E-state index is 11.9. The minimum absolute atomic E-state index is 0.0430. The molecule has 0 aliphatic carbocycles. The standard InChI is InChI=1S/C13H19N3O4/c1-13(2,8-17)16(3)12(20)15-7-9-4-5-10(11(18)19)14-6-9/h4-6,17H,7-8H2,1-3H3,(H,15,20)(H,18,19). The fraction of sp³-hybridized carbons (Fsp3) is 0.462. The Morgan fingerprint density at radius 2 is 2.05 bits per heavy atom. The number of nitrogens with one attached hydrogen (secondary N) is 1. The zero-order valence-electron chi connectivity index (χ0n) is 11.8. The third-order valence-corrected chi connectivity index (χ3v) is 3.09. The number of carbonyl (C=O) groups excluding carboxylic acids is 1. The van der Waals surface area contributed by atoms with E-state index in [0.29, 0.717) is 5.56 Å². The van der Waals surface area contributed by atoms with Gasteiger partial charge in [0.05, 0.1) is 12.1 Å². The lowest BCUT2D eigenvalue weighted by Crippen LogP contribution is -2.51. The first-order chi connectivity index (χ1) is 9.27. The fourth-order valence-corrected chi connectivity index (χ4v) is 1.33. The average molecular weight is 281 g/mol. The Bertz CT molecular complexity index is 485. The SMILES string of the molecule is CN(C(=O)NCc1ccc(C(=O)O)nc1)C(C)(C)CO. The van der Waals surface area contributed by atoms with E-state index in [1.54, 1.807) is 27.0 Å². The van der Waals surface area contributed by atoms with Gasteiger partial charge in [0.2, 0.25) is 0 Å². The smallest absolute Gasteiger partial charge is 0.354 e. The highest BCUT2D eigenvalue weighted by molar-refractivity contribution is 5.85. The van der Waals surface area contributed by atoms with E-state index < -0.39 is 11.5 Å². The average Bonchev–Trinajstić information content (AvgIpc) is 2.44. The van der Waals surface area contributed by atoms with Crippen molar-refractivity contribution in [3.63, 3.8) is 0 Å². The zero-order valence-corrected chi connectivity index (χ0v) is 11.8. The van der Waals surface area contributed by atoms with Crippen molar-refractivity contribution >= 4 is 12.0 Å². The molecule has 0 atom stereocenters. The van der Waals surface area contributed by atoms with Crippen LogP contribution in [0, 0.1) is 0 Å². The highest BCUT2D eigenvalue weighted by Gasteiger charge is 2.26. The molecule has 0 bridgehead atoms. The summed E-state index contributed by atoms with van der Waals surface area (Å²) in [5.41, 5.74) is -0.00709. The number of carboxylic acid groups (broad SMARTS) is 1. The number of urea groups is 1. The van der Waals surface area contributed by atoms with E-state index in [1.807, 2.05) is 0 Å². The number of nitrogens with zero attached hydrogens (tertiary/aromatic N) is 2. The number of aliphatic hydroxyl groups is 1. The number of amides is 2. The minimum atomic E-state index is -1.09. The number of pyridine rings is 1. The highest BCUT2D eigenvalue weighted by Crippen LogP contribution is 2.11. The van der Waals surface area contributed by atoms with Gasteiger partial charge in [-0.1, -0.05) is 6.07 Å².